The predicted octanol–water partition coefficient (Wildman–Crippen LogP) is 3.64. The minimum Gasteiger partial charge on any atom is -0.0926 e. The van der Waals surface area contributed by atoms with Gasteiger partial charge in [-0.15, -0.1) is 0 Å². The minimum absolute atomic E-state index is 0.127. The zero-order valence-electron chi connectivity index (χ0n) is 8.94. The van der Waals surface area contributed by atoms with Crippen molar-refractivity contribution >= 4 is 0 Å². The summed E-state index contributed by atoms with van der Waals surface area (Å²) in [7, 11) is 0. The highest BCUT2D eigenvalue weighted by Crippen LogP contribution is 2.09. The second-order valence-corrected chi connectivity index (χ2v) is 4.55. The summed E-state index contributed by atoms with van der Waals surface area (Å²) in [6, 6.07) is 0. The Morgan fingerprint density at radius 1 is 1.25 bits per heavy atom. The van der Waals surface area contributed by atoms with Crippen molar-refractivity contribution in [3.8, 4) is 11.8 Å². The SMILES string of the molecule is CC(C)C/C=C/C#CC(C)(C)C. The maximum absolute atomic E-state index is 3.16. The van der Waals surface area contributed by atoms with Gasteiger partial charge in [0.05, 0.1) is 0 Å². The Morgan fingerprint density at radius 2 is 1.83 bits per heavy atom. The molecule has 0 fully saturated rings. The first kappa shape index (κ1) is 11.3. The van der Waals surface area contributed by atoms with Gasteiger partial charge in [-0.3, -0.25) is 0 Å². The van der Waals surface area contributed by atoms with Crippen molar-refractivity contribution in [2.24, 2.45) is 11.3 Å². The van der Waals surface area contributed by atoms with Gasteiger partial charge in [-0.1, -0.05) is 31.8 Å². The molecule has 0 aliphatic carbocycles. The highest BCUT2D eigenvalue weighted by atomic mass is 14.0. The van der Waals surface area contributed by atoms with Crippen LogP contribution in [-0.2, 0) is 0 Å². The molecule has 0 atom stereocenters. The summed E-state index contributed by atoms with van der Waals surface area (Å²) in [6.45, 7) is 10.8. The van der Waals surface area contributed by atoms with E-state index in [0.29, 0.717) is 0 Å². The molecule has 0 heterocycles. The topological polar surface area (TPSA) is 0 Å². The molecular weight excluding hydrogens is 144 g/mol. The fourth-order valence-corrected chi connectivity index (χ4v) is 0.657. The molecule has 0 amide bonds. The molecule has 0 rings (SSSR count). The molecule has 0 aliphatic rings. The maximum atomic E-state index is 3.16. The first-order chi connectivity index (χ1) is 5.42. The van der Waals surface area contributed by atoms with Gasteiger partial charge in [-0.2, -0.15) is 0 Å². The molecular formula is C12H20. The molecule has 12 heavy (non-hydrogen) atoms. The largest absolute Gasteiger partial charge is 0.0926 e. The number of hydrogen-bond acceptors (Lipinski definition) is 0. The van der Waals surface area contributed by atoms with Crippen LogP contribution in [0.15, 0.2) is 12.2 Å². The van der Waals surface area contributed by atoms with Crippen LogP contribution in [0.1, 0.15) is 41.0 Å². The lowest BCUT2D eigenvalue weighted by Crippen LogP contribution is -1.98. The molecule has 0 heteroatoms. The second-order valence-electron chi connectivity index (χ2n) is 4.55. The van der Waals surface area contributed by atoms with Crippen LogP contribution in [0.4, 0.5) is 0 Å². The van der Waals surface area contributed by atoms with E-state index in [1.54, 1.807) is 0 Å². The summed E-state index contributed by atoms with van der Waals surface area (Å²) < 4.78 is 0. The van der Waals surface area contributed by atoms with E-state index in [1.165, 1.54) is 0 Å². The van der Waals surface area contributed by atoms with E-state index in [-0.39, 0.29) is 5.41 Å². The fraction of sp³-hybridized carbons (Fsp3) is 0.667. The third kappa shape index (κ3) is 9.30. The van der Waals surface area contributed by atoms with E-state index in [2.05, 4.69) is 52.5 Å². The Morgan fingerprint density at radius 3 is 2.25 bits per heavy atom. The van der Waals surface area contributed by atoms with E-state index in [9.17, 15) is 0 Å². The maximum Gasteiger partial charge on any atom is 0.0233 e. The van der Waals surface area contributed by atoms with Gasteiger partial charge < -0.3 is 0 Å². The van der Waals surface area contributed by atoms with Crippen molar-refractivity contribution in [3.05, 3.63) is 12.2 Å². The number of hydrogen-bond donors (Lipinski definition) is 0. The molecule has 0 spiro atoms. The third-order valence-corrected chi connectivity index (χ3v) is 1.26. The second kappa shape index (κ2) is 5.04. The van der Waals surface area contributed by atoms with E-state index in [0.717, 1.165) is 12.3 Å². The van der Waals surface area contributed by atoms with Crippen LogP contribution in [0.3, 0.4) is 0 Å². The predicted molar refractivity (Wildman–Crippen MR) is 55.8 cm³/mol. The molecule has 0 aromatic rings. The van der Waals surface area contributed by atoms with Gasteiger partial charge in [-0.05, 0) is 39.2 Å². The smallest absolute Gasteiger partial charge is 0.0233 e. The summed E-state index contributed by atoms with van der Waals surface area (Å²) in [5.74, 6) is 6.94. The lowest BCUT2D eigenvalue weighted by molar-refractivity contribution is 0.571. The molecule has 0 bridgehead atoms. The highest BCUT2D eigenvalue weighted by molar-refractivity contribution is 5.18. The van der Waals surface area contributed by atoms with Gasteiger partial charge >= 0.3 is 0 Å². The molecule has 0 N–H and O–H groups in total. The van der Waals surface area contributed by atoms with Crippen LogP contribution < -0.4 is 0 Å². The van der Waals surface area contributed by atoms with E-state index >= 15 is 0 Å². The quantitative estimate of drug-likeness (QED) is 0.547. The molecule has 68 valence electrons. The Balaban J connectivity index is 3.79. The average Bonchev–Trinajstić information content (AvgIpc) is 1.83. The van der Waals surface area contributed by atoms with Gasteiger partial charge in [0, 0.05) is 5.41 Å². The number of allylic oxidation sites excluding steroid dienone is 2. The molecule has 0 aromatic heterocycles. The van der Waals surface area contributed by atoms with E-state index < -0.39 is 0 Å². The fourth-order valence-electron chi connectivity index (χ4n) is 0.657. The van der Waals surface area contributed by atoms with Crippen LogP contribution >= 0.6 is 0 Å². The van der Waals surface area contributed by atoms with Gasteiger partial charge in [0.15, 0.2) is 0 Å². The zero-order valence-corrected chi connectivity index (χ0v) is 8.94. The molecule has 0 aliphatic heterocycles. The van der Waals surface area contributed by atoms with Crippen molar-refractivity contribution in [3.63, 3.8) is 0 Å². The molecule has 0 unspecified atom stereocenters. The molecule has 0 saturated heterocycles. The first-order valence-corrected chi connectivity index (χ1v) is 4.59. The van der Waals surface area contributed by atoms with Crippen LogP contribution in [0.2, 0.25) is 0 Å². The van der Waals surface area contributed by atoms with Crippen molar-refractivity contribution < 1.29 is 0 Å². The van der Waals surface area contributed by atoms with Crippen molar-refractivity contribution in [2.75, 3.05) is 0 Å². The Kier molecular flexibility index (Phi) is 4.74. The summed E-state index contributed by atoms with van der Waals surface area (Å²) >= 11 is 0. The van der Waals surface area contributed by atoms with E-state index in [1.807, 2.05) is 6.08 Å². The molecule has 0 radical (unpaired) electrons. The normalized spacial score (nSPS) is 11.8. The van der Waals surface area contributed by atoms with Gasteiger partial charge in [0.2, 0.25) is 0 Å². The van der Waals surface area contributed by atoms with Gasteiger partial charge in [0.25, 0.3) is 0 Å². The van der Waals surface area contributed by atoms with E-state index in [4.69, 9.17) is 0 Å². The lowest BCUT2D eigenvalue weighted by atomic mass is 9.98. The number of rotatable bonds is 2. The van der Waals surface area contributed by atoms with Crippen LogP contribution in [0.5, 0.6) is 0 Å². The van der Waals surface area contributed by atoms with Crippen molar-refractivity contribution in [1.29, 1.82) is 0 Å². The van der Waals surface area contributed by atoms with Crippen LogP contribution in [0, 0.1) is 23.2 Å². The summed E-state index contributed by atoms with van der Waals surface area (Å²) in [5.41, 5.74) is 0.127. The molecule has 0 nitrogen and oxygen atoms in total. The summed E-state index contributed by atoms with van der Waals surface area (Å²) in [6.07, 6.45) is 5.23. The zero-order chi connectivity index (χ0) is 9.61. The minimum atomic E-state index is 0.127. The van der Waals surface area contributed by atoms with Gasteiger partial charge in [0.1, 0.15) is 0 Å². The Hall–Kier alpha value is -0.700. The molecule has 0 saturated carbocycles. The standard InChI is InChI=1S/C12H20/c1-11(2)9-7-6-8-10-12(3,4)5/h6-7,11H,9H2,1-5H3/b7-6+. The van der Waals surface area contributed by atoms with Crippen LogP contribution in [-0.4, -0.2) is 0 Å². The van der Waals surface area contributed by atoms with Crippen LogP contribution in [0.25, 0.3) is 0 Å². The Bertz CT molecular complexity index is 190. The van der Waals surface area contributed by atoms with Gasteiger partial charge in [-0.25, -0.2) is 0 Å². The lowest BCUT2D eigenvalue weighted by Gasteiger charge is -2.05. The first-order valence-electron chi connectivity index (χ1n) is 4.59. The highest BCUT2D eigenvalue weighted by Gasteiger charge is 2.02. The Labute approximate surface area is 77.1 Å². The average molecular weight is 164 g/mol. The van der Waals surface area contributed by atoms with Crippen molar-refractivity contribution in [1.82, 2.24) is 0 Å². The monoisotopic (exact) mass is 164 g/mol. The third-order valence-electron chi connectivity index (χ3n) is 1.26. The summed E-state index contributed by atoms with van der Waals surface area (Å²) in [5, 5.41) is 0. The van der Waals surface area contributed by atoms with Crippen molar-refractivity contribution in [2.45, 2.75) is 41.0 Å². The summed E-state index contributed by atoms with van der Waals surface area (Å²) in [4.78, 5) is 0. The molecule has 0 aromatic carbocycles.